The number of aromatic nitrogens is 1. The van der Waals surface area contributed by atoms with Gasteiger partial charge in [0.15, 0.2) is 0 Å². The van der Waals surface area contributed by atoms with Crippen LogP contribution in [0, 0.1) is 6.92 Å². The van der Waals surface area contributed by atoms with Crippen LogP contribution in [0.4, 0.5) is 0 Å². The van der Waals surface area contributed by atoms with Gasteiger partial charge in [0.05, 0.1) is 5.56 Å². The Kier molecular flexibility index (Phi) is 5.86. The molecule has 0 aromatic carbocycles. The molecular weight excluding hydrogens is 224 g/mol. The highest BCUT2D eigenvalue weighted by Crippen LogP contribution is 2.03. The van der Waals surface area contributed by atoms with Crippen LogP contribution in [0.1, 0.15) is 35.3 Å². The average Bonchev–Trinajstić information content (AvgIpc) is 2.29. The van der Waals surface area contributed by atoms with Crippen LogP contribution in [-0.4, -0.2) is 23.3 Å². The monoisotopic (exact) mass is 240 g/mol. The number of unbranched alkanes of at least 4 members (excludes halogenated alkanes) is 2. The normalized spacial score (nSPS) is 10.1. The number of rotatable bonds is 6. The first-order valence-corrected chi connectivity index (χ1v) is 6.05. The fourth-order valence-corrected chi connectivity index (χ4v) is 1.61. The van der Waals surface area contributed by atoms with E-state index in [2.05, 4.69) is 10.3 Å². The summed E-state index contributed by atoms with van der Waals surface area (Å²) in [5.74, 6) is 0.645. The van der Waals surface area contributed by atoms with Gasteiger partial charge < -0.3 is 5.32 Å². The van der Waals surface area contributed by atoms with Gasteiger partial charge in [-0.2, -0.15) is 0 Å². The van der Waals surface area contributed by atoms with Crippen molar-refractivity contribution in [3.05, 3.63) is 29.6 Å². The number of carbonyl (C=O) groups is 1. The molecule has 0 atom stereocenters. The van der Waals surface area contributed by atoms with Gasteiger partial charge in [-0.25, -0.2) is 0 Å². The molecule has 1 aromatic heterocycles. The van der Waals surface area contributed by atoms with Crippen molar-refractivity contribution in [2.75, 3.05) is 12.4 Å². The zero-order valence-electron chi connectivity index (χ0n) is 9.50. The molecule has 0 radical (unpaired) electrons. The summed E-state index contributed by atoms with van der Waals surface area (Å²) in [5, 5.41) is 2.88. The molecule has 1 aromatic rings. The molecule has 0 bridgehead atoms. The van der Waals surface area contributed by atoms with E-state index in [0.717, 1.165) is 25.0 Å². The number of halogens is 1. The molecule has 0 saturated heterocycles. The number of alkyl halides is 1. The van der Waals surface area contributed by atoms with E-state index in [4.69, 9.17) is 11.6 Å². The molecule has 0 unspecified atom stereocenters. The van der Waals surface area contributed by atoms with E-state index >= 15 is 0 Å². The van der Waals surface area contributed by atoms with E-state index in [1.165, 1.54) is 0 Å². The lowest BCUT2D eigenvalue weighted by Gasteiger charge is -2.06. The fraction of sp³-hybridized carbons (Fsp3) is 0.500. The molecule has 1 rings (SSSR count). The predicted molar refractivity (Wildman–Crippen MR) is 65.9 cm³/mol. The van der Waals surface area contributed by atoms with Gasteiger partial charge in [-0.3, -0.25) is 9.78 Å². The molecule has 0 saturated carbocycles. The van der Waals surface area contributed by atoms with E-state index in [9.17, 15) is 4.79 Å². The molecule has 0 spiro atoms. The first kappa shape index (κ1) is 13.0. The predicted octanol–water partition coefficient (Wildman–Crippen LogP) is 2.53. The van der Waals surface area contributed by atoms with E-state index < -0.39 is 0 Å². The molecule has 1 heterocycles. The lowest BCUT2D eigenvalue weighted by Crippen LogP contribution is -2.25. The van der Waals surface area contributed by atoms with Gasteiger partial charge in [-0.15, -0.1) is 11.6 Å². The van der Waals surface area contributed by atoms with Crippen molar-refractivity contribution < 1.29 is 4.79 Å². The van der Waals surface area contributed by atoms with Gasteiger partial charge in [-0.05, 0) is 31.9 Å². The molecule has 3 nitrogen and oxygen atoms in total. The maximum atomic E-state index is 11.7. The Morgan fingerprint density at radius 3 is 2.94 bits per heavy atom. The number of nitrogens with one attached hydrogen (secondary N) is 1. The standard InChI is InChI=1S/C12H17ClN2O/c1-10-11(6-5-9-14-10)12(16)15-8-4-2-3-7-13/h5-6,9H,2-4,7-8H2,1H3,(H,15,16). The molecule has 0 aliphatic rings. The summed E-state index contributed by atoms with van der Waals surface area (Å²) < 4.78 is 0. The number of nitrogens with zero attached hydrogens (tertiary/aromatic N) is 1. The number of hydrogen-bond acceptors (Lipinski definition) is 2. The van der Waals surface area contributed by atoms with Crippen molar-refractivity contribution in [2.45, 2.75) is 26.2 Å². The highest BCUT2D eigenvalue weighted by atomic mass is 35.5. The highest BCUT2D eigenvalue weighted by Gasteiger charge is 2.07. The van der Waals surface area contributed by atoms with E-state index in [-0.39, 0.29) is 5.91 Å². The largest absolute Gasteiger partial charge is 0.352 e. The van der Waals surface area contributed by atoms with Crippen molar-refractivity contribution in [1.29, 1.82) is 0 Å². The molecule has 4 heteroatoms. The summed E-state index contributed by atoms with van der Waals surface area (Å²) in [7, 11) is 0. The van der Waals surface area contributed by atoms with Gasteiger partial charge in [0.1, 0.15) is 0 Å². The third-order valence-corrected chi connectivity index (χ3v) is 2.61. The third kappa shape index (κ3) is 4.19. The Bertz CT molecular complexity index is 342. The minimum absolute atomic E-state index is 0.0449. The maximum Gasteiger partial charge on any atom is 0.253 e. The Morgan fingerprint density at radius 1 is 1.44 bits per heavy atom. The van der Waals surface area contributed by atoms with Crippen LogP contribution < -0.4 is 5.32 Å². The topological polar surface area (TPSA) is 42.0 Å². The van der Waals surface area contributed by atoms with Crippen LogP contribution in [0.15, 0.2) is 18.3 Å². The second kappa shape index (κ2) is 7.23. The smallest absolute Gasteiger partial charge is 0.253 e. The van der Waals surface area contributed by atoms with Crippen molar-refractivity contribution in [3.8, 4) is 0 Å². The Labute approximate surface area is 101 Å². The summed E-state index contributed by atoms with van der Waals surface area (Å²) in [4.78, 5) is 15.8. The molecule has 0 aliphatic heterocycles. The zero-order chi connectivity index (χ0) is 11.8. The Hall–Kier alpha value is -1.09. The minimum atomic E-state index is -0.0449. The molecule has 1 N–H and O–H groups in total. The third-order valence-electron chi connectivity index (χ3n) is 2.35. The second-order valence-electron chi connectivity index (χ2n) is 3.64. The summed E-state index contributed by atoms with van der Waals surface area (Å²) >= 11 is 5.56. The van der Waals surface area contributed by atoms with Gasteiger partial charge in [0.25, 0.3) is 5.91 Å². The van der Waals surface area contributed by atoms with Crippen LogP contribution in [0.2, 0.25) is 0 Å². The van der Waals surface area contributed by atoms with Gasteiger partial charge in [0.2, 0.25) is 0 Å². The number of pyridine rings is 1. The maximum absolute atomic E-state index is 11.7. The Morgan fingerprint density at radius 2 is 2.25 bits per heavy atom. The lowest BCUT2D eigenvalue weighted by molar-refractivity contribution is 0.0952. The minimum Gasteiger partial charge on any atom is -0.352 e. The molecular formula is C12H17ClN2O. The van der Waals surface area contributed by atoms with E-state index in [1.54, 1.807) is 18.3 Å². The number of aryl methyl sites for hydroxylation is 1. The lowest BCUT2D eigenvalue weighted by atomic mass is 10.2. The fourth-order valence-electron chi connectivity index (χ4n) is 1.42. The van der Waals surface area contributed by atoms with Crippen LogP contribution in [0.5, 0.6) is 0 Å². The second-order valence-corrected chi connectivity index (χ2v) is 4.02. The summed E-state index contributed by atoms with van der Waals surface area (Å²) in [6, 6.07) is 3.56. The van der Waals surface area contributed by atoms with Crippen molar-refractivity contribution in [1.82, 2.24) is 10.3 Å². The van der Waals surface area contributed by atoms with Crippen molar-refractivity contribution in [2.24, 2.45) is 0 Å². The van der Waals surface area contributed by atoms with Crippen LogP contribution in [0.3, 0.4) is 0 Å². The highest BCUT2D eigenvalue weighted by molar-refractivity contribution is 6.17. The van der Waals surface area contributed by atoms with Gasteiger partial charge in [-0.1, -0.05) is 6.42 Å². The first-order valence-electron chi connectivity index (χ1n) is 5.51. The number of amides is 1. The van der Waals surface area contributed by atoms with E-state index in [0.29, 0.717) is 18.0 Å². The SMILES string of the molecule is Cc1ncccc1C(=O)NCCCCCCl. The summed E-state index contributed by atoms with van der Waals surface area (Å²) in [5.41, 5.74) is 1.42. The van der Waals surface area contributed by atoms with Crippen LogP contribution >= 0.6 is 11.6 Å². The number of carbonyl (C=O) groups excluding carboxylic acids is 1. The molecule has 88 valence electrons. The molecule has 16 heavy (non-hydrogen) atoms. The van der Waals surface area contributed by atoms with Gasteiger partial charge in [0, 0.05) is 24.3 Å². The van der Waals surface area contributed by atoms with Crippen molar-refractivity contribution >= 4 is 17.5 Å². The summed E-state index contributed by atoms with van der Waals surface area (Å²) in [6.07, 6.45) is 4.71. The average molecular weight is 241 g/mol. The van der Waals surface area contributed by atoms with Gasteiger partial charge >= 0.3 is 0 Å². The quantitative estimate of drug-likeness (QED) is 0.613. The zero-order valence-corrected chi connectivity index (χ0v) is 10.3. The van der Waals surface area contributed by atoms with Crippen LogP contribution in [0.25, 0.3) is 0 Å². The number of hydrogen-bond donors (Lipinski definition) is 1. The molecule has 0 fully saturated rings. The van der Waals surface area contributed by atoms with Crippen LogP contribution in [-0.2, 0) is 0 Å². The molecule has 1 amide bonds. The first-order chi connectivity index (χ1) is 7.75. The Balaban J connectivity index is 2.33. The summed E-state index contributed by atoms with van der Waals surface area (Å²) in [6.45, 7) is 2.53. The van der Waals surface area contributed by atoms with Crippen molar-refractivity contribution in [3.63, 3.8) is 0 Å². The van der Waals surface area contributed by atoms with E-state index in [1.807, 2.05) is 6.92 Å². The molecule has 0 aliphatic carbocycles.